The molecule has 0 radical (unpaired) electrons. The quantitative estimate of drug-likeness (QED) is 0.285. The predicted octanol–water partition coefficient (Wildman–Crippen LogP) is 5.81. The first-order chi connectivity index (χ1) is 12.5. The van der Waals surface area contributed by atoms with Gasteiger partial charge in [-0.05, 0) is 47.3 Å². The second kappa shape index (κ2) is 17.1. The van der Waals surface area contributed by atoms with E-state index < -0.39 is 5.97 Å². The number of rotatable bonds is 13. The molecule has 0 amide bonds. The number of hydrogen-bond acceptors (Lipinski definition) is 5. The lowest BCUT2D eigenvalue weighted by atomic mass is 10.2. The van der Waals surface area contributed by atoms with Crippen molar-refractivity contribution < 1.29 is 9.90 Å². The lowest BCUT2D eigenvalue weighted by Crippen LogP contribution is -2.31. The number of carboxylic acids is 1. The van der Waals surface area contributed by atoms with Gasteiger partial charge in [-0.2, -0.15) is 0 Å². The van der Waals surface area contributed by atoms with E-state index in [1.54, 1.807) is 21.6 Å². The lowest BCUT2D eigenvalue weighted by Gasteiger charge is -2.27. The van der Waals surface area contributed by atoms with Gasteiger partial charge in [0, 0.05) is 32.6 Å². The molecule has 0 aliphatic rings. The molecule has 0 aliphatic heterocycles. The van der Waals surface area contributed by atoms with Crippen molar-refractivity contribution in [3.05, 3.63) is 0 Å². The molecule has 26 heavy (non-hydrogen) atoms. The van der Waals surface area contributed by atoms with Crippen molar-refractivity contribution in [2.75, 3.05) is 26.2 Å². The SMILES string of the molecule is CCCCN(CCCC)C(=S)SSC(=S)N(CCCC)CCCC(=O)O. The molecule has 1 N–H and O–H groups in total. The van der Waals surface area contributed by atoms with Gasteiger partial charge in [-0.3, -0.25) is 4.79 Å². The van der Waals surface area contributed by atoms with Crippen LogP contribution in [-0.4, -0.2) is 55.7 Å². The van der Waals surface area contributed by atoms with Crippen molar-refractivity contribution in [2.24, 2.45) is 0 Å². The normalized spacial score (nSPS) is 10.6. The Morgan fingerprint density at radius 1 is 0.769 bits per heavy atom. The molecule has 0 spiro atoms. The summed E-state index contributed by atoms with van der Waals surface area (Å²) >= 11 is 11.2. The Kier molecular flexibility index (Phi) is 17.0. The Balaban J connectivity index is 4.52. The molecule has 0 aromatic heterocycles. The van der Waals surface area contributed by atoms with Gasteiger partial charge in [0.2, 0.25) is 0 Å². The summed E-state index contributed by atoms with van der Waals surface area (Å²) in [6.07, 6.45) is 7.58. The summed E-state index contributed by atoms with van der Waals surface area (Å²) in [5.41, 5.74) is 0. The molecule has 0 fully saturated rings. The summed E-state index contributed by atoms with van der Waals surface area (Å²) in [6, 6.07) is 0. The van der Waals surface area contributed by atoms with Crippen LogP contribution in [0.3, 0.4) is 0 Å². The van der Waals surface area contributed by atoms with E-state index in [0.717, 1.165) is 66.8 Å². The van der Waals surface area contributed by atoms with Gasteiger partial charge in [-0.1, -0.05) is 64.5 Å². The average Bonchev–Trinajstić information content (AvgIpc) is 2.62. The predicted molar refractivity (Wildman–Crippen MR) is 125 cm³/mol. The first-order valence-electron chi connectivity index (χ1n) is 9.60. The number of thiocarbonyl (C=S) groups is 2. The molecule has 0 aromatic rings. The summed E-state index contributed by atoms with van der Waals surface area (Å²) in [7, 11) is 3.11. The molecular weight excluding hydrogens is 404 g/mol. The standard InChI is InChI=1S/C18H34N2O2S4/c1-4-7-12-19(13-8-5-2)17(23)25-26-18(24)20(14-9-6-3)15-10-11-16(21)22/h4-15H2,1-3H3,(H,21,22). The maximum atomic E-state index is 10.7. The summed E-state index contributed by atoms with van der Waals surface area (Å²) in [6.45, 7) is 10.1. The van der Waals surface area contributed by atoms with Crippen molar-refractivity contribution >= 4 is 60.6 Å². The van der Waals surface area contributed by atoms with E-state index in [1.807, 2.05) is 0 Å². The zero-order valence-corrected chi connectivity index (χ0v) is 19.6. The van der Waals surface area contributed by atoms with Crippen LogP contribution < -0.4 is 0 Å². The number of nitrogens with zero attached hydrogens (tertiary/aromatic N) is 2. The summed E-state index contributed by atoms with van der Waals surface area (Å²) in [5, 5.41) is 8.84. The Labute approximate surface area is 178 Å². The maximum absolute atomic E-state index is 10.7. The Bertz CT molecular complexity index is 414. The molecule has 0 aliphatic carbocycles. The molecular formula is C18H34N2O2S4. The summed E-state index contributed by atoms with van der Waals surface area (Å²) in [4.78, 5) is 15.2. The van der Waals surface area contributed by atoms with Crippen molar-refractivity contribution in [1.82, 2.24) is 9.80 Å². The van der Waals surface area contributed by atoms with Gasteiger partial charge in [-0.25, -0.2) is 0 Å². The van der Waals surface area contributed by atoms with E-state index in [2.05, 4.69) is 30.6 Å². The van der Waals surface area contributed by atoms with Gasteiger partial charge in [-0.15, -0.1) is 0 Å². The Hall–Kier alpha value is -0.0500. The highest BCUT2D eigenvalue weighted by atomic mass is 33.1. The largest absolute Gasteiger partial charge is 0.481 e. The minimum Gasteiger partial charge on any atom is -0.481 e. The second-order valence-corrected chi connectivity index (χ2v) is 9.63. The second-order valence-electron chi connectivity index (χ2n) is 6.23. The van der Waals surface area contributed by atoms with Crippen LogP contribution in [0, 0.1) is 0 Å². The van der Waals surface area contributed by atoms with Gasteiger partial charge in [0.1, 0.15) is 8.64 Å². The smallest absolute Gasteiger partial charge is 0.303 e. The van der Waals surface area contributed by atoms with Gasteiger partial charge in [0.15, 0.2) is 0 Å². The molecule has 8 heteroatoms. The number of unbranched alkanes of at least 4 members (excludes halogenated alkanes) is 3. The summed E-state index contributed by atoms with van der Waals surface area (Å²) in [5.74, 6) is -0.753. The van der Waals surface area contributed by atoms with Crippen molar-refractivity contribution in [1.29, 1.82) is 0 Å². The van der Waals surface area contributed by atoms with Crippen LogP contribution in [-0.2, 0) is 4.79 Å². The van der Waals surface area contributed by atoms with E-state index in [0.29, 0.717) is 13.0 Å². The fraction of sp³-hybridized carbons (Fsp3) is 0.833. The molecule has 0 atom stereocenters. The fourth-order valence-electron chi connectivity index (χ4n) is 2.23. The van der Waals surface area contributed by atoms with E-state index in [-0.39, 0.29) is 6.42 Å². The van der Waals surface area contributed by atoms with Crippen LogP contribution in [0.5, 0.6) is 0 Å². The van der Waals surface area contributed by atoms with Crippen LogP contribution in [0.2, 0.25) is 0 Å². The molecule has 0 unspecified atom stereocenters. The molecule has 0 aromatic carbocycles. The Morgan fingerprint density at radius 2 is 1.12 bits per heavy atom. The third-order valence-electron chi connectivity index (χ3n) is 3.86. The van der Waals surface area contributed by atoms with Crippen LogP contribution in [0.1, 0.15) is 72.1 Å². The molecule has 0 heterocycles. The zero-order chi connectivity index (χ0) is 19.8. The first kappa shape index (κ1) is 26.0. The molecule has 0 saturated carbocycles. The third-order valence-corrected chi connectivity index (χ3v) is 7.60. The number of hydrogen-bond donors (Lipinski definition) is 1. The number of carboxylic acid groups (broad SMARTS) is 1. The molecule has 0 saturated heterocycles. The van der Waals surface area contributed by atoms with Crippen LogP contribution in [0.15, 0.2) is 0 Å². The van der Waals surface area contributed by atoms with Gasteiger partial charge in [0.05, 0.1) is 0 Å². The maximum Gasteiger partial charge on any atom is 0.303 e. The first-order valence-corrected chi connectivity index (χ1v) is 12.6. The molecule has 0 rings (SSSR count). The van der Waals surface area contributed by atoms with Crippen molar-refractivity contribution in [3.8, 4) is 0 Å². The number of carbonyl (C=O) groups is 1. The number of aliphatic carboxylic acids is 1. The topological polar surface area (TPSA) is 43.8 Å². The van der Waals surface area contributed by atoms with E-state index in [1.165, 1.54) is 0 Å². The van der Waals surface area contributed by atoms with Crippen molar-refractivity contribution in [3.63, 3.8) is 0 Å². The Morgan fingerprint density at radius 3 is 1.42 bits per heavy atom. The van der Waals surface area contributed by atoms with E-state index in [4.69, 9.17) is 29.5 Å². The minimum atomic E-state index is -0.753. The summed E-state index contributed by atoms with van der Waals surface area (Å²) < 4.78 is 1.71. The highest BCUT2D eigenvalue weighted by Crippen LogP contribution is 2.29. The minimum absolute atomic E-state index is 0.184. The van der Waals surface area contributed by atoms with Gasteiger partial charge >= 0.3 is 5.97 Å². The van der Waals surface area contributed by atoms with Crippen LogP contribution in [0.25, 0.3) is 0 Å². The van der Waals surface area contributed by atoms with Crippen LogP contribution in [0.4, 0.5) is 0 Å². The highest BCUT2D eigenvalue weighted by molar-refractivity contribution is 8.89. The molecule has 0 bridgehead atoms. The third kappa shape index (κ3) is 13.2. The fourth-order valence-corrected chi connectivity index (χ4v) is 4.99. The molecule has 4 nitrogen and oxygen atoms in total. The monoisotopic (exact) mass is 438 g/mol. The highest BCUT2D eigenvalue weighted by Gasteiger charge is 2.15. The van der Waals surface area contributed by atoms with E-state index in [9.17, 15) is 4.79 Å². The van der Waals surface area contributed by atoms with Crippen molar-refractivity contribution in [2.45, 2.75) is 72.1 Å². The lowest BCUT2D eigenvalue weighted by molar-refractivity contribution is -0.137. The molecule has 152 valence electrons. The average molecular weight is 439 g/mol. The van der Waals surface area contributed by atoms with Crippen LogP contribution >= 0.6 is 46.0 Å². The zero-order valence-electron chi connectivity index (χ0n) is 16.4. The van der Waals surface area contributed by atoms with Gasteiger partial charge < -0.3 is 14.9 Å². The van der Waals surface area contributed by atoms with Gasteiger partial charge in [0.25, 0.3) is 0 Å². The van der Waals surface area contributed by atoms with E-state index >= 15 is 0 Å².